The van der Waals surface area contributed by atoms with Gasteiger partial charge in [0, 0.05) is 30.0 Å². The van der Waals surface area contributed by atoms with Crippen molar-refractivity contribution in [2.45, 2.75) is 48.5 Å². The van der Waals surface area contributed by atoms with Gasteiger partial charge in [-0.1, -0.05) is 30.5 Å². The average Bonchev–Trinajstić information content (AvgIpc) is 3.88. The summed E-state index contributed by atoms with van der Waals surface area (Å²) in [5.74, 6) is -7.47. The highest BCUT2D eigenvalue weighted by Crippen LogP contribution is 2.65. The van der Waals surface area contributed by atoms with Crippen molar-refractivity contribution in [3.63, 3.8) is 0 Å². The third kappa shape index (κ3) is 7.26. The minimum atomic E-state index is -4.99. The lowest BCUT2D eigenvalue weighted by atomic mass is 10.0. The Bertz CT molecular complexity index is 1690. The van der Waals surface area contributed by atoms with Crippen LogP contribution in [0.3, 0.4) is 0 Å². The summed E-state index contributed by atoms with van der Waals surface area (Å²) in [6, 6.07) is 7.86. The molecule has 0 spiro atoms. The van der Waals surface area contributed by atoms with Gasteiger partial charge in [-0.05, 0) is 60.4 Å². The highest BCUT2D eigenvalue weighted by molar-refractivity contribution is 6.53. The topological polar surface area (TPSA) is 75.3 Å². The molecule has 3 aromatic carbocycles. The van der Waals surface area contributed by atoms with Crippen LogP contribution in [0.15, 0.2) is 48.5 Å². The number of ketones is 1. The van der Waals surface area contributed by atoms with Crippen LogP contribution in [0.4, 0.5) is 37.7 Å². The van der Waals surface area contributed by atoms with Crippen molar-refractivity contribution in [3.05, 3.63) is 93.3 Å². The van der Waals surface area contributed by atoms with Crippen LogP contribution in [-0.2, 0) is 22.2 Å². The lowest BCUT2D eigenvalue weighted by Gasteiger charge is -2.13. The predicted molar refractivity (Wildman–Crippen MR) is 157 cm³/mol. The van der Waals surface area contributed by atoms with E-state index in [-0.39, 0.29) is 34.0 Å². The van der Waals surface area contributed by atoms with Crippen molar-refractivity contribution in [1.29, 1.82) is 0 Å². The van der Waals surface area contributed by atoms with Crippen LogP contribution in [0.25, 0.3) is 0 Å². The summed E-state index contributed by atoms with van der Waals surface area (Å²) in [4.78, 5) is 38.4. The molecule has 2 amide bonds. The fourth-order valence-corrected chi connectivity index (χ4v) is 6.15. The monoisotopic (exact) mass is 690 g/mol. The second-order valence-corrected chi connectivity index (χ2v) is 12.9. The van der Waals surface area contributed by atoms with Crippen molar-refractivity contribution in [2.75, 3.05) is 10.6 Å². The highest BCUT2D eigenvalue weighted by atomic mass is 35.5. The van der Waals surface area contributed by atoms with E-state index >= 15 is 4.39 Å². The Morgan fingerprint density at radius 1 is 0.911 bits per heavy atom. The Morgan fingerprint density at radius 2 is 1.60 bits per heavy atom. The van der Waals surface area contributed by atoms with Crippen LogP contribution in [-0.4, -0.2) is 21.9 Å². The summed E-state index contributed by atoms with van der Waals surface area (Å²) in [7, 11) is 0. The van der Waals surface area contributed by atoms with Crippen LogP contribution in [0.1, 0.15) is 58.6 Å². The third-order valence-corrected chi connectivity index (χ3v) is 9.08. The van der Waals surface area contributed by atoms with Crippen molar-refractivity contribution in [3.8, 4) is 0 Å². The zero-order valence-electron chi connectivity index (χ0n) is 23.0. The number of hydrogen-bond donors (Lipinski definition) is 2. The number of benzene rings is 3. The van der Waals surface area contributed by atoms with Gasteiger partial charge in [0.1, 0.15) is 21.8 Å². The number of alkyl halides is 5. The minimum absolute atomic E-state index is 0.0148. The first kappa shape index (κ1) is 33.1. The Kier molecular flexibility index (Phi) is 9.19. The molecule has 0 unspecified atom stereocenters. The molecule has 2 aliphatic carbocycles. The number of Topliss-reactive ketones (excluding diaryl/α,β-unsaturated/α-hetero) is 1. The van der Waals surface area contributed by atoms with Gasteiger partial charge < -0.3 is 10.6 Å². The van der Waals surface area contributed by atoms with Crippen molar-refractivity contribution < 1.29 is 40.7 Å². The predicted octanol–water partition coefficient (Wildman–Crippen LogP) is 8.86. The number of amides is 2. The number of anilines is 2. The summed E-state index contributed by atoms with van der Waals surface area (Å²) in [6.45, 7) is 0. The summed E-state index contributed by atoms with van der Waals surface area (Å²) >= 11 is 18.7. The van der Waals surface area contributed by atoms with E-state index in [4.69, 9.17) is 34.8 Å². The first-order chi connectivity index (χ1) is 21.1. The molecule has 2 saturated carbocycles. The SMILES string of the molecule is O=C(CCC1CC1)Cc1c(F)ccc(NC(=O)c2cc(NC(=O)[C@H]3[C@H](c4ccc(F)c(C(F)(F)F)c4)C3(Cl)Cl)ccc2Cl)c1F. The molecule has 238 valence electrons. The first-order valence-corrected chi connectivity index (χ1v) is 14.9. The standard InChI is InChI=1S/C31H23Cl3F6N2O3/c32-21-7-5-16(41-29(45)26-25(30(26,33)34)15-4-8-23(36)20(11-15)31(38,39)40)12-18(21)28(44)42-24-10-9-22(35)19(27(24)37)13-17(43)6-3-14-1-2-14/h4-5,7-12,14,25-26H,1-3,6,13H2,(H,41,45)(H,42,44)/t25-,26+/m0/s1. The van der Waals surface area contributed by atoms with E-state index in [2.05, 4.69) is 10.6 Å². The molecular formula is C31H23Cl3F6N2O3. The zero-order chi connectivity index (χ0) is 32.8. The Balaban J connectivity index is 1.29. The molecule has 2 atom stereocenters. The Hall–Kier alpha value is -3.28. The molecule has 0 bridgehead atoms. The number of carbonyl (C=O) groups is 3. The quantitative estimate of drug-likeness (QED) is 0.165. The maximum atomic E-state index is 15.2. The van der Waals surface area contributed by atoms with Crippen LogP contribution in [0.2, 0.25) is 5.02 Å². The van der Waals surface area contributed by atoms with Crippen LogP contribution < -0.4 is 10.6 Å². The van der Waals surface area contributed by atoms with Gasteiger partial charge in [0.15, 0.2) is 5.82 Å². The molecule has 5 rings (SSSR count). The molecule has 0 aliphatic heterocycles. The fourth-order valence-electron chi connectivity index (χ4n) is 5.12. The van der Waals surface area contributed by atoms with Gasteiger partial charge in [0.2, 0.25) is 5.91 Å². The summed E-state index contributed by atoms with van der Waals surface area (Å²) in [6.07, 6.45) is -2.53. The van der Waals surface area contributed by atoms with Gasteiger partial charge in [-0.2, -0.15) is 13.2 Å². The van der Waals surface area contributed by atoms with E-state index in [1.165, 1.54) is 12.1 Å². The molecule has 45 heavy (non-hydrogen) atoms. The summed E-state index contributed by atoms with van der Waals surface area (Å²) in [5, 5.41) is 4.67. The summed E-state index contributed by atoms with van der Waals surface area (Å²) in [5.41, 5.74) is -2.72. The van der Waals surface area contributed by atoms with Gasteiger partial charge in [-0.15, -0.1) is 23.2 Å². The second-order valence-electron chi connectivity index (χ2n) is 11.1. The van der Waals surface area contributed by atoms with Gasteiger partial charge in [-0.25, -0.2) is 13.2 Å². The van der Waals surface area contributed by atoms with E-state index in [1.54, 1.807) is 0 Å². The van der Waals surface area contributed by atoms with E-state index < -0.39 is 74.8 Å². The van der Waals surface area contributed by atoms with E-state index in [0.29, 0.717) is 24.5 Å². The van der Waals surface area contributed by atoms with Crippen LogP contribution >= 0.6 is 34.8 Å². The smallest absolute Gasteiger partial charge is 0.326 e. The highest BCUT2D eigenvalue weighted by Gasteiger charge is 2.67. The molecule has 2 fully saturated rings. The zero-order valence-corrected chi connectivity index (χ0v) is 25.3. The Labute approximate surface area is 268 Å². The molecular weight excluding hydrogens is 669 g/mol. The molecule has 5 nitrogen and oxygen atoms in total. The lowest BCUT2D eigenvalue weighted by Crippen LogP contribution is -2.19. The molecule has 14 heteroatoms. The number of rotatable bonds is 10. The van der Waals surface area contributed by atoms with Gasteiger partial charge in [0.25, 0.3) is 5.91 Å². The average molecular weight is 692 g/mol. The number of nitrogens with one attached hydrogen (secondary N) is 2. The summed E-state index contributed by atoms with van der Waals surface area (Å²) < 4.78 is 81.2. The van der Waals surface area contributed by atoms with Crippen molar-refractivity contribution in [1.82, 2.24) is 0 Å². The van der Waals surface area contributed by atoms with Gasteiger partial charge in [0.05, 0.1) is 27.8 Å². The normalized spacial score (nSPS) is 18.8. The Morgan fingerprint density at radius 3 is 2.27 bits per heavy atom. The maximum absolute atomic E-state index is 15.2. The van der Waals surface area contributed by atoms with Crippen molar-refractivity contribution >= 4 is 63.8 Å². The molecule has 0 heterocycles. The van der Waals surface area contributed by atoms with E-state index in [0.717, 1.165) is 37.1 Å². The van der Waals surface area contributed by atoms with E-state index in [9.17, 15) is 36.3 Å². The number of hydrogen-bond acceptors (Lipinski definition) is 3. The molecule has 3 aromatic rings. The van der Waals surface area contributed by atoms with Crippen molar-refractivity contribution in [2.24, 2.45) is 11.8 Å². The first-order valence-electron chi connectivity index (χ1n) is 13.7. The van der Waals surface area contributed by atoms with Crippen LogP contribution in [0, 0.1) is 29.3 Å². The lowest BCUT2D eigenvalue weighted by molar-refractivity contribution is -0.140. The number of carbonyl (C=O) groups excluding carboxylic acids is 3. The number of halogens is 9. The molecule has 2 aliphatic rings. The van der Waals surface area contributed by atoms with Gasteiger partial charge >= 0.3 is 6.18 Å². The minimum Gasteiger partial charge on any atom is -0.326 e. The maximum Gasteiger partial charge on any atom is 0.419 e. The van der Waals surface area contributed by atoms with E-state index in [1.807, 2.05) is 0 Å². The van der Waals surface area contributed by atoms with Gasteiger partial charge in [-0.3, -0.25) is 14.4 Å². The third-order valence-electron chi connectivity index (χ3n) is 7.81. The molecule has 0 aromatic heterocycles. The molecule has 0 saturated heterocycles. The largest absolute Gasteiger partial charge is 0.419 e. The molecule has 0 radical (unpaired) electrons. The second kappa shape index (κ2) is 12.5. The molecule has 2 N–H and O–H groups in total. The van der Waals surface area contributed by atoms with Crippen LogP contribution in [0.5, 0.6) is 0 Å². The fraction of sp³-hybridized carbons (Fsp3) is 0.323.